The zero-order valence-corrected chi connectivity index (χ0v) is 11.9. The Kier molecular flexibility index (Phi) is 3.90. The topological polar surface area (TPSA) is 48.3 Å². The van der Waals surface area contributed by atoms with Crippen molar-refractivity contribution in [3.05, 3.63) is 33.7 Å². The Morgan fingerprint density at radius 3 is 2.63 bits per heavy atom. The molecule has 1 aromatic heterocycles. The molecule has 0 atom stereocenters. The van der Waals surface area contributed by atoms with Crippen LogP contribution in [0.1, 0.15) is 49.7 Å². The van der Waals surface area contributed by atoms with Crippen LogP contribution < -0.4 is 5.56 Å². The molecule has 0 spiro atoms. The summed E-state index contributed by atoms with van der Waals surface area (Å²) in [5.74, 6) is 0.145. The number of hydrogen-bond acceptors (Lipinski definition) is 3. The molecule has 0 radical (unpaired) electrons. The molecule has 1 aliphatic carbocycles. The largest absolute Gasteiger partial charge is 0.374 e. The summed E-state index contributed by atoms with van der Waals surface area (Å²) >= 11 is 0. The summed E-state index contributed by atoms with van der Waals surface area (Å²) in [5, 5.41) is 0. The van der Waals surface area contributed by atoms with Crippen molar-refractivity contribution in [3.63, 3.8) is 0 Å². The van der Waals surface area contributed by atoms with Crippen LogP contribution in [0.25, 0.3) is 0 Å². The highest BCUT2D eigenvalue weighted by Crippen LogP contribution is 2.19. The van der Waals surface area contributed by atoms with Crippen molar-refractivity contribution in [2.45, 2.75) is 52.2 Å². The summed E-state index contributed by atoms with van der Waals surface area (Å²) in [7, 11) is 0. The number of nitrogens with zero attached hydrogens (tertiary/aromatic N) is 1. The average molecular weight is 263 g/mol. The fourth-order valence-corrected chi connectivity index (χ4v) is 2.38. The van der Waals surface area contributed by atoms with Gasteiger partial charge in [-0.05, 0) is 39.7 Å². The highest BCUT2D eigenvalue weighted by Gasteiger charge is 2.20. The van der Waals surface area contributed by atoms with Gasteiger partial charge in [0.2, 0.25) is 0 Å². The number of pyridine rings is 1. The third-order valence-electron chi connectivity index (χ3n) is 3.26. The number of ether oxygens (including phenoxy) is 1. The number of fused-ring (bicyclic) bond motifs is 1. The van der Waals surface area contributed by atoms with E-state index < -0.39 is 0 Å². The van der Waals surface area contributed by atoms with Crippen molar-refractivity contribution >= 4 is 5.78 Å². The Hall–Kier alpha value is -1.42. The van der Waals surface area contributed by atoms with Gasteiger partial charge in [-0.2, -0.15) is 0 Å². The highest BCUT2D eigenvalue weighted by molar-refractivity contribution is 5.97. The number of rotatable bonds is 3. The van der Waals surface area contributed by atoms with Crippen LogP contribution in [0.15, 0.2) is 16.9 Å². The smallest absolute Gasteiger partial charge is 0.250 e. The van der Waals surface area contributed by atoms with Crippen LogP contribution in [-0.2, 0) is 17.7 Å². The molecule has 0 aromatic carbocycles. The quantitative estimate of drug-likeness (QED) is 0.839. The summed E-state index contributed by atoms with van der Waals surface area (Å²) in [6.07, 6.45) is 2.21. The molecule has 1 aromatic rings. The van der Waals surface area contributed by atoms with Gasteiger partial charge in [-0.15, -0.1) is 0 Å². The molecule has 0 fully saturated rings. The lowest BCUT2D eigenvalue weighted by Gasteiger charge is -2.23. The minimum absolute atomic E-state index is 0.0500. The van der Waals surface area contributed by atoms with Gasteiger partial charge in [0, 0.05) is 30.3 Å². The van der Waals surface area contributed by atoms with E-state index in [0.29, 0.717) is 25.1 Å². The van der Waals surface area contributed by atoms with E-state index in [1.807, 2.05) is 20.8 Å². The summed E-state index contributed by atoms with van der Waals surface area (Å²) < 4.78 is 7.35. The van der Waals surface area contributed by atoms with E-state index in [2.05, 4.69) is 0 Å². The Morgan fingerprint density at radius 1 is 1.21 bits per heavy atom. The van der Waals surface area contributed by atoms with E-state index in [-0.39, 0.29) is 16.9 Å². The van der Waals surface area contributed by atoms with Crippen LogP contribution in [0.3, 0.4) is 0 Å². The third kappa shape index (κ3) is 3.32. The second-order valence-corrected chi connectivity index (χ2v) is 5.92. The lowest BCUT2D eigenvalue weighted by molar-refractivity contribution is -0.00743. The number of hydrogen-bond donors (Lipinski definition) is 0. The number of aromatic nitrogens is 1. The zero-order valence-electron chi connectivity index (χ0n) is 11.9. The number of carbonyl (C=O) groups is 1. The number of carbonyl (C=O) groups excluding carboxylic acids is 1. The molecule has 0 N–H and O–H groups in total. The van der Waals surface area contributed by atoms with Gasteiger partial charge >= 0.3 is 0 Å². The van der Waals surface area contributed by atoms with Gasteiger partial charge in [0.05, 0.1) is 12.2 Å². The predicted molar refractivity (Wildman–Crippen MR) is 73.7 cm³/mol. The van der Waals surface area contributed by atoms with E-state index in [1.54, 1.807) is 10.6 Å². The van der Waals surface area contributed by atoms with Crippen molar-refractivity contribution in [1.29, 1.82) is 0 Å². The average Bonchev–Trinajstić information content (AvgIpc) is 2.31. The maximum absolute atomic E-state index is 11.9. The van der Waals surface area contributed by atoms with Crippen LogP contribution in [-0.4, -0.2) is 22.6 Å². The van der Waals surface area contributed by atoms with E-state index in [1.165, 1.54) is 6.07 Å². The van der Waals surface area contributed by atoms with E-state index >= 15 is 0 Å². The molecule has 0 bridgehead atoms. The summed E-state index contributed by atoms with van der Waals surface area (Å²) in [6, 6.07) is 3.15. The first-order valence-corrected chi connectivity index (χ1v) is 6.78. The van der Waals surface area contributed by atoms with Gasteiger partial charge in [-0.3, -0.25) is 9.59 Å². The molecule has 0 unspecified atom stereocenters. The molecule has 1 aliphatic rings. The fourth-order valence-electron chi connectivity index (χ4n) is 2.38. The third-order valence-corrected chi connectivity index (χ3v) is 3.26. The molecule has 0 saturated carbocycles. The molecule has 2 rings (SSSR count). The minimum atomic E-state index is -0.214. The maximum Gasteiger partial charge on any atom is 0.250 e. The Balaban J connectivity index is 2.22. The van der Waals surface area contributed by atoms with Gasteiger partial charge in [0.1, 0.15) is 0 Å². The molecule has 0 amide bonds. The first-order chi connectivity index (χ1) is 8.88. The molecule has 0 aliphatic heterocycles. The molecule has 0 saturated heterocycles. The van der Waals surface area contributed by atoms with Crippen molar-refractivity contribution in [3.8, 4) is 0 Å². The standard InChI is InChI=1S/C15H21NO3/c1-15(2,3)19-10-9-16-12-5-4-6-13(17)11(12)7-8-14(16)18/h7-8H,4-6,9-10H2,1-3H3. The highest BCUT2D eigenvalue weighted by atomic mass is 16.5. The Bertz CT molecular complexity index is 537. The first-order valence-electron chi connectivity index (χ1n) is 6.78. The number of Topliss-reactive ketones (excluding diaryl/α,β-unsaturated/α-hetero) is 1. The van der Waals surface area contributed by atoms with Crippen molar-refractivity contribution in [2.75, 3.05) is 6.61 Å². The Morgan fingerprint density at radius 2 is 1.95 bits per heavy atom. The van der Waals surface area contributed by atoms with Gasteiger partial charge in [-0.1, -0.05) is 0 Å². The van der Waals surface area contributed by atoms with E-state index in [4.69, 9.17) is 4.74 Å². The van der Waals surface area contributed by atoms with Crippen molar-refractivity contribution in [1.82, 2.24) is 4.57 Å². The fraction of sp³-hybridized carbons (Fsp3) is 0.600. The minimum Gasteiger partial charge on any atom is -0.374 e. The summed E-state index contributed by atoms with van der Waals surface area (Å²) in [6.45, 7) is 6.94. The van der Waals surface area contributed by atoms with Crippen LogP contribution in [0.5, 0.6) is 0 Å². The van der Waals surface area contributed by atoms with Gasteiger partial charge in [0.15, 0.2) is 5.78 Å². The lowest BCUT2D eigenvalue weighted by Crippen LogP contribution is -2.31. The monoisotopic (exact) mass is 263 g/mol. The van der Waals surface area contributed by atoms with Gasteiger partial charge in [0.25, 0.3) is 5.56 Å². The molecular weight excluding hydrogens is 242 g/mol. The van der Waals surface area contributed by atoms with Gasteiger partial charge in [-0.25, -0.2) is 0 Å². The molecule has 4 heteroatoms. The normalized spacial score (nSPS) is 15.4. The molecule has 1 heterocycles. The van der Waals surface area contributed by atoms with Crippen LogP contribution in [0.4, 0.5) is 0 Å². The molecular formula is C15H21NO3. The number of ketones is 1. The van der Waals surface area contributed by atoms with Crippen molar-refractivity contribution < 1.29 is 9.53 Å². The summed E-state index contributed by atoms with van der Waals surface area (Å²) in [5.41, 5.74) is 1.32. The second kappa shape index (κ2) is 5.29. The predicted octanol–water partition coefficient (Wildman–Crippen LogP) is 2.18. The van der Waals surface area contributed by atoms with Crippen molar-refractivity contribution in [2.24, 2.45) is 0 Å². The molecule has 19 heavy (non-hydrogen) atoms. The SMILES string of the molecule is CC(C)(C)OCCn1c2c(ccc1=O)C(=O)CCC2. The first kappa shape index (κ1) is 14.0. The van der Waals surface area contributed by atoms with Crippen LogP contribution >= 0.6 is 0 Å². The van der Waals surface area contributed by atoms with Crippen LogP contribution in [0.2, 0.25) is 0 Å². The Labute approximate surface area is 113 Å². The zero-order chi connectivity index (χ0) is 14.0. The van der Waals surface area contributed by atoms with E-state index in [9.17, 15) is 9.59 Å². The van der Waals surface area contributed by atoms with Crippen LogP contribution in [0, 0.1) is 0 Å². The maximum atomic E-state index is 11.9. The molecule has 104 valence electrons. The van der Waals surface area contributed by atoms with Gasteiger partial charge < -0.3 is 9.30 Å². The van der Waals surface area contributed by atoms with E-state index in [0.717, 1.165) is 18.5 Å². The summed E-state index contributed by atoms with van der Waals surface area (Å²) in [4.78, 5) is 23.8. The second-order valence-electron chi connectivity index (χ2n) is 5.92. The molecule has 4 nitrogen and oxygen atoms in total. The lowest BCUT2D eigenvalue weighted by atomic mass is 9.94.